The number of halogens is 1. The predicted octanol–water partition coefficient (Wildman–Crippen LogP) is 3.84. The lowest BCUT2D eigenvalue weighted by atomic mass is 9.89. The van der Waals surface area contributed by atoms with E-state index in [1.807, 2.05) is 12.1 Å². The summed E-state index contributed by atoms with van der Waals surface area (Å²) in [5, 5.41) is 8.89. The lowest BCUT2D eigenvalue weighted by molar-refractivity contribution is 0.0697. The molecule has 0 atom stereocenters. The molecule has 1 aliphatic heterocycles. The molecule has 1 aliphatic carbocycles. The summed E-state index contributed by atoms with van der Waals surface area (Å²) in [5.41, 5.74) is 2.96. The summed E-state index contributed by atoms with van der Waals surface area (Å²) >= 11 is 0. The van der Waals surface area contributed by atoms with Crippen LogP contribution < -0.4 is 0 Å². The second-order valence-corrected chi connectivity index (χ2v) is 5.85. The van der Waals surface area contributed by atoms with Crippen LogP contribution in [0, 0.1) is 0 Å². The zero-order chi connectivity index (χ0) is 13.9. The third kappa shape index (κ3) is 3.86. The van der Waals surface area contributed by atoms with Gasteiger partial charge in [0.2, 0.25) is 0 Å². The van der Waals surface area contributed by atoms with Crippen molar-refractivity contribution >= 4 is 24.5 Å². The SMILES string of the molecule is Cl.O=C(O)c1ccc(C=C2CCN(C3CCC3)CC2)cc1. The molecule has 0 unspecified atom stereocenters. The molecular weight excluding hydrogens is 286 g/mol. The third-order valence-electron chi connectivity index (χ3n) is 4.56. The summed E-state index contributed by atoms with van der Waals surface area (Å²) < 4.78 is 0. The first-order chi connectivity index (χ1) is 9.72. The molecule has 0 amide bonds. The van der Waals surface area contributed by atoms with Crippen molar-refractivity contribution in [1.82, 2.24) is 4.90 Å². The number of nitrogens with zero attached hydrogens (tertiary/aromatic N) is 1. The molecule has 1 N–H and O–H groups in total. The maximum Gasteiger partial charge on any atom is 0.335 e. The normalized spacial score (nSPS) is 19.5. The summed E-state index contributed by atoms with van der Waals surface area (Å²) in [6.07, 6.45) is 8.70. The van der Waals surface area contributed by atoms with E-state index in [1.165, 1.54) is 37.9 Å². The molecule has 0 radical (unpaired) electrons. The highest BCUT2D eigenvalue weighted by atomic mass is 35.5. The number of rotatable bonds is 3. The Bertz CT molecular complexity index is 510. The van der Waals surface area contributed by atoms with Crippen molar-refractivity contribution < 1.29 is 9.90 Å². The van der Waals surface area contributed by atoms with Gasteiger partial charge in [0.1, 0.15) is 0 Å². The molecule has 4 heteroatoms. The summed E-state index contributed by atoms with van der Waals surface area (Å²) in [6.45, 7) is 2.37. The van der Waals surface area contributed by atoms with Crippen LogP contribution in [0.2, 0.25) is 0 Å². The molecule has 1 saturated carbocycles. The molecule has 0 aromatic heterocycles. The predicted molar refractivity (Wildman–Crippen MR) is 87.1 cm³/mol. The molecule has 114 valence electrons. The van der Waals surface area contributed by atoms with Crippen LogP contribution in [0.1, 0.15) is 48.0 Å². The summed E-state index contributed by atoms with van der Waals surface area (Å²) in [7, 11) is 0. The molecule has 1 aromatic carbocycles. The van der Waals surface area contributed by atoms with Gasteiger partial charge in [-0.3, -0.25) is 4.90 Å². The Labute approximate surface area is 132 Å². The van der Waals surface area contributed by atoms with Crippen LogP contribution in [0.5, 0.6) is 0 Å². The van der Waals surface area contributed by atoms with Gasteiger partial charge in [-0.15, -0.1) is 12.4 Å². The van der Waals surface area contributed by atoms with Gasteiger partial charge in [0.25, 0.3) is 0 Å². The highest BCUT2D eigenvalue weighted by Crippen LogP contribution is 2.29. The second kappa shape index (κ2) is 7.10. The number of likely N-dealkylation sites (tertiary alicyclic amines) is 1. The van der Waals surface area contributed by atoms with Crippen LogP contribution in [0.3, 0.4) is 0 Å². The van der Waals surface area contributed by atoms with E-state index in [4.69, 9.17) is 5.11 Å². The van der Waals surface area contributed by atoms with Gasteiger partial charge < -0.3 is 5.11 Å². The van der Waals surface area contributed by atoms with Gasteiger partial charge in [0.05, 0.1) is 5.56 Å². The number of aromatic carboxylic acids is 1. The number of carboxylic acids is 1. The summed E-state index contributed by atoms with van der Waals surface area (Å²) in [6, 6.07) is 8.01. The monoisotopic (exact) mass is 307 g/mol. The van der Waals surface area contributed by atoms with E-state index in [0.717, 1.165) is 24.4 Å². The Morgan fingerprint density at radius 3 is 2.24 bits per heavy atom. The molecule has 1 aromatic rings. The van der Waals surface area contributed by atoms with Gasteiger partial charge in [-0.1, -0.05) is 30.2 Å². The van der Waals surface area contributed by atoms with Gasteiger partial charge in [0.15, 0.2) is 0 Å². The molecule has 21 heavy (non-hydrogen) atoms. The van der Waals surface area contributed by atoms with Crippen molar-refractivity contribution in [1.29, 1.82) is 0 Å². The summed E-state index contributed by atoms with van der Waals surface area (Å²) in [4.78, 5) is 13.4. The smallest absolute Gasteiger partial charge is 0.335 e. The zero-order valence-electron chi connectivity index (χ0n) is 12.1. The second-order valence-electron chi connectivity index (χ2n) is 5.85. The number of hydrogen-bond acceptors (Lipinski definition) is 2. The average molecular weight is 308 g/mol. The number of piperidine rings is 1. The number of carboxylic acid groups (broad SMARTS) is 1. The maximum atomic E-state index is 10.8. The van der Waals surface area contributed by atoms with Gasteiger partial charge in [0, 0.05) is 19.1 Å². The van der Waals surface area contributed by atoms with Gasteiger partial charge in [-0.25, -0.2) is 4.79 Å². The fourth-order valence-electron chi connectivity index (χ4n) is 3.03. The minimum absolute atomic E-state index is 0. The Balaban J connectivity index is 0.00000161. The Morgan fingerprint density at radius 2 is 1.76 bits per heavy atom. The first-order valence-corrected chi connectivity index (χ1v) is 7.49. The average Bonchev–Trinajstić information content (AvgIpc) is 2.39. The topological polar surface area (TPSA) is 40.5 Å². The van der Waals surface area contributed by atoms with E-state index in [1.54, 1.807) is 12.1 Å². The van der Waals surface area contributed by atoms with Crippen LogP contribution in [0.25, 0.3) is 6.08 Å². The van der Waals surface area contributed by atoms with Crippen molar-refractivity contribution in [3.8, 4) is 0 Å². The number of hydrogen-bond donors (Lipinski definition) is 1. The molecule has 1 heterocycles. The van der Waals surface area contributed by atoms with Gasteiger partial charge in [-0.2, -0.15) is 0 Å². The molecule has 0 spiro atoms. The molecule has 2 aliphatic rings. The van der Waals surface area contributed by atoms with Crippen molar-refractivity contribution in [2.75, 3.05) is 13.1 Å². The summed E-state index contributed by atoms with van der Waals surface area (Å²) in [5.74, 6) is -0.863. The van der Waals surface area contributed by atoms with Gasteiger partial charge in [-0.05, 0) is 43.4 Å². The molecule has 3 nitrogen and oxygen atoms in total. The maximum absolute atomic E-state index is 10.8. The first kappa shape index (κ1) is 16.1. The van der Waals surface area contributed by atoms with E-state index >= 15 is 0 Å². The van der Waals surface area contributed by atoms with Crippen LogP contribution >= 0.6 is 12.4 Å². The van der Waals surface area contributed by atoms with Crippen LogP contribution in [-0.2, 0) is 0 Å². The van der Waals surface area contributed by atoms with Crippen molar-refractivity contribution in [2.24, 2.45) is 0 Å². The third-order valence-corrected chi connectivity index (χ3v) is 4.56. The van der Waals surface area contributed by atoms with Crippen LogP contribution in [-0.4, -0.2) is 35.1 Å². The molecule has 0 bridgehead atoms. The quantitative estimate of drug-likeness (QED) is 0.922. The van der Waals surface area contributed by atoms with E-state index in [2.05, 4.69) is 11.0 Å². The fraction of sp³-hybridized carbons (Fsp3) is 0.471. The molecule has 3 rings (SSSR count). The minimum Gasteiger partial charge on any atom is -0.478 e. The number of carbonyl (C=O) groups is 1. The van der Waals surface area contributed by atoms with Crippen LogP contribution in [0.4, 0.5) is 0 Å². The Hall–Kier alpha value is -1.32. The zero-order valence-corrected chi connectivity index (χ0v) is 12.9. The minimum atomic E-state index is -0.863. The van der Waals surface area contributed by atoms with Crippen molar-refractivity contribution in [3.05, 3.63) is 41.0 Å². The Morgan fingerprint density at radius 1 is 1.14 bits per heavy atom. The van der Waals surface area contributed by atoms with E-state index in [-0.39, 0.29) is 12.4 Å². The Kier molecular flexibility index (Phi) is 5.43. The number of benzene rings is 1. The van der Waals surface area contributed by atoms with E-state index in [0.29, 0.717) is 5.56 Å². The highest BCUT2D eigenvalue weighted by molar-refractivity contribution is 5.87. The van der Waals surface area contributed by atoms with Gasteiger partial charge >= 0.3 is 5.97 Å². The molecule has 1 saturated heterocycles. The van der Waals surface area contributed by atoms with E-state index < -0.39 is 5.97 Å². The molecular formula is C17H22ClNO2. The molecule has 2 fully saturated rings. The van der Waals surface area contributed by atoms with Crippen LogP contribution in [0.15, 0.2) is 29.8 Å². The van der Waals surface area contributed by atoms with Crippen molar-refractivity contribution in [3.63, 3.8) is 0 Å². The largest absolute Gasteiger partial charge is 0.478 e. The first-order valence-electron chi connectivity index (χ1n) is 7.49. The van der Waals surface area contributed by atoms with E-state index in [9.17, 15) is 4.79 Å². The van der Waals surface area contributed by atoms with Crippen molar-refractivity contribution in [2.45, 2.75) is 38.1 Å². The lowest BCUT2D eigenvalue weighted by Crippen LogP contribution is -2.43. The lowest BCUT2D eigenvalue weighted by Gasteiger charge is -2.40. The fourth-order valence-corrected chi connectivity index (χ4v) is 3.03. The standard InChI is InChI=1S/C17H21NO2.ClH/c19-17(20)15-6-4-13(5-7-15)12-14-8-10-18(11-9-14)16-2-1-3-16;/h4-7,12,16H,1-3,8-11H2,(H,19,20);1H. The highest BCUT2D eigenvalue weighted by Gasteiger charge is 2.26.